The van der Waals surface area contributed by atoms with Gasteiger partial charge in [-0.1, -0.05) is 12.1 Å². The summed E-state index contributed by atoms with van der Waals surface area (Å²) >= 11 is 0. The smallest absolute Gasteiger partial charge is 0.272 e. The number of benzene rings is 2. The number of amides is 1. The maximum atomic E-state index is 13.1. The lowest BCUT2D eigenvalue weighted by molar-refractivity contribution is 0.102. The SMILES string of the molecule is O=C(Nc1ccc(CO)cc1)c1cc2cc(F)ccc2[nH]1. The highest BCUT2D eigenvalue weighted by Crippen LogP contribution is 2.18. The van der Waals surface area contributed by atoms with Crippen LogP contribution in [0.1, 0.15) is 16.1 Å². The Morgan fingerprint density at radius 2 is 1.90 bits per heavy atom. The van der Waals surface area contributed by atoms with Crippen molar-refractivity contribution in [2.75, 3.05) is 5.32 Å². The molecule has 3 rings (SSSR count). The fourth-order valence-electron chi connectivity index (χ4n) is 2.12. The summed E-state index contributed by atoms with van der Waals surface area (Å²) < 4.78 is 13.1. The Balaban J connectivity index is 1.82. The third kappa shape index (κ3) is 2.78. The molecular formula is C16H13FN2O2. The number of aliphatic hydroxyl groups is 1. The molecule has 0 aliphatic carbocycles. The molecule has 1 aromatic heterocycles. The lowest BCUT2D eigenvalue weighted by atomic mass is 10.2. The van der Waals surface area contributed by atoms with Crippen LogP contribution in [0.25, 0.3) is 10.9 Å². The highest BCUT2D eigenvalue weighted by Gasteiger charge is 2.10. The predicted octanol–water partition coefficient (Wildman–Crippen LogP) is 3.05. The van der Waals surface area contributed by atoms with E-state index in [-0.39, 0.29) is 18.3 Å². The number of halogens is 1. The van der Waals surface area contributed by atoms with Crippen molar-refractivity contribution in [2.45, 2.75) is 6.61 Å². The molecule has 3 aromatic rings. The molecule has 106 valence electrons. The first-order valence-electron chi connectivity index (χ1n) is 6.45. The molecule has 4 nitrogen and oxygen atoms in total. The van der Waals surface area contributed by atoms with Crippen LogP contribution in [0.5, 0.6) is 0 Å². The summed E-state index contributed by atoms with van der Waals surface area (Å²) in [5.41, 5.74) is 2.47. The molecule has 0 bridgehead atoms. The lowest BCUT2D eigenvalue weighted by Gasteiger charge is -2.04. The molecule has 3 N–H and O–H groups in total. The minimum absolute atomic E-state index is 0.0399. The molecular weight excluding hydrogens is 271 g/mol. The van der Waals surface area contributed by atoms with Crippen molar-refractivity contribution in [1.29, 1.82) is 0 Å². The zero-order valence-corrected chi connectivity index (χ0v) is 11.1. The van der Waals surface area contributed by atoms with Gasteiger partial charge in [0.05, 0.1) is 6.61 Å². The summed E-state index contributed by atoms with van der Waals surface area (Å²) in [7, 11) is 0. The molecule has 1 amide bonds. The van der Waals surface area contributed by atoms with E-state index < -0.39 is 0 Å². The Kier molecular flexibility index (Phi) is 3.41. The van der Waals surface area contributed by atoms with Crippen molar-refractivity contribution < 1.29 is 14.3 Å². The summed E-state index contributed by atoms with van der Waals surface area (Å²) in [5.74, 6) is -0.642. The number of hydrogen-bond donors (Lipinski definition) is 3. The van der Waals surface area contributed by atoms with Gasteiger partial charge in [0.1, 0.15) is 11.5 Å². The van der Waals surface area contributed by atoms with Gasteiger partial charge >= 0.3 is 0 Å². The van der Waals surface area contributed by atoms with E-state index >= 15 is 0 Å². The molecule has 0 fully saturated rings. The lowest BCUT2D eigenvalue weighted by Crippen LogP contribution is -2.12. The van der Waals surface area contributed by atoms with E-state index in [2.05, 4.69) is 10.3 Å². The number of aromatic nitrogens is 1. The Hall–Kier alpha value is -2.66. The van der Waals surface area contributed by atoms with E-state index in [4.69, 9.17) is 5.11 Å². The Morgan fingerprint density at radius 3 is 2.62 bits per heavy atom. The molecule has 2 aromatic carbocycles. The number of hydrogen-bond acceptors (Lipinski definition) is 2. The molecule has 0 saturated carbocycles. The maximum absolute atomic E-state index is 13.1. The number of aromatic amines is 1. The largest absolute Gasteiger partial charge is 0.392 e. The Labute approximate surface area is 120 Å². The second-order valence-electron chi connectivity index (χ2n) is 4.72. The summed E-state index contributed by atoms with van der Waals surface area (Å²) in [6, 6.07) is 12.8. The molecule has 1 heterocycles. The fourth-order valence-corrected chi connectivity index (χ4v) is 2.12. The van der Waals surface area contributed by atoms with Crippen molar-refractivity contribution in [2.24, 2.45) is 0 Å². The van der Waals surface area contributed by atoms with Crippen LogP contribution in [0.4, 0.5) is 10.1 Å². The summed E-state index contributed by atoms with van der Waals surface area (Å²) in [6.07, 6.45) is 0. The minimum atomic E-state index is -0.340. The van der Waals surface area contributed by atoms with Crippen LogP contribution in [0.3, 0.4) is 0 Å². The van der Waals surface area contributed by atoms with Gasteiger partial charge in [-0.25, -0.2) is 4.39 Å². The average molecular weight is 284 g/mol. The molecule has 0 aliphatic rings. The van der Waals surface area contributed by atoms with E-state index in [1.165, 1.54) is 12.1 Å². The second kappa shape index (κ2) is 5.38. The van der Waals surface area contributed by atoms with Crippen LogP contribution in [-0.4, -0.2) is 16.0 Å². The van der Waals surface area contributed by atoms with Gasteiger partial charge in [-0.3, -0.25) is 4.79 Å². The predicted molar refractivity (Wildman–Crippen MR) is 78.6 cm³/mol. The van der Waals surface area contributed by atoms with Crippen LogP contribution < -0.4 is 5.32 Å². The van der Waals surface area contributed by atoms with Crippen molar-refractivity contribution in [3.63, 3.8) is 0 Å². The van der Waals surface area contributed by atoms with Crippen molar-refractivity contribution >= 4 is 22.5 Å². The number of rotatable bonds is 3. The Bertz CT molecular complexity index is 794. The van der Waals surface area contributed by atoms with E-state index in [0.717, 1.165) is 5.56 Å². The quantitative estimate of drug-likeness (QED) is 0.692. The van der Waals surface area contributed by atoms with Crippen molar-refractivity contribution in [3.8, 4) is 0 Å². The van der Waals surface area contributed by atoms with Crippen LogP contribution in [0.15, 0.2) is 48.5 Å². The third-order valence-electron chi connectivity index (χ3n) is 3.22. The van der Waals surface area contributed by atoms with Crippen LogP contribution >= 0.6 is 0 Å². The molecule has 21 heavy (non-hydrogen) atoms. The fraction of sp³-hybridized carbons (Fsp3) is 0.0625. The van der Waals surface area contributed by atoms with Gasteiger partial charge in [-0.2, -0.15) is 0 Å². The number of anilines is 1. The monoisotopic (exact) mass is 284 g/mol. The number of fused-ring (bicyclic) bond motifs is 1. The number of nitrogens with one attached hydrogen (secondary N) is 2. The standard InChI is InChI=1S/C16H13FN2O2/c17-12-3-6-14-11(7-12)8-15(19-14)16(21)18-13-4-1-10(9-20)2-5-13/h1-8,19-20H,9H2,(H,18,21). The van der Waals surface area contributed by atoms with Crippen LogP contribution in [-0.2, 0) is 6.61 Å². The normalized spacial score (nSPS) is 10.8. The molecule has 0 saturated heterocycles. The molecule has 0 aliphatic heterocycles. The van der Waals surface area contributed by atoms with Gasteiger partial charge < -0.3 is 15.4 Å². The van der Waals surface area contributed by atoms with Gasteiger partial charge in [0.15, 0.2) is 0 Å². The minimum Gasteiger partial charge on any atom is -0.392 e. The van der Waals surface area contributed by atoms with E-state index in [0.29, 0.717) is 22.3 Å². The summed E-state index contributed by atoms with van der Waals surface area (Å²) in [5, 5.41) is 12.4. The van der Waals surface area contributed by atoms with Crippen molar-refractivity contribution in [3.05, 3.63) is 65.6 Å². The van der Waals surface area contributed by atoms with Crippen molar-refractivity contribution in [1.82, 2.24) is 4.98 Å². The van der Waals surface area contributed by atoms with E-state index in [1.807, 2.05) is 0 Å². The highest BCUT2D eigenvalue weighted by molar-refractivity contribution is 6.05. The van der Waals surface area contributed by atoms with Gasteiger partial charge in [0.2, 0.25) is 0 Å². The second-order valence-corrected chi connectivity index (χ2v) is 4.72. The molecule has 0 unspecified atom stereocenters. The van der Waals surface area contributed by atoms with Gasteiger partial charge in [-0.05, 0) is 42.0 Å². The summed E-state index contributed by atoms with van der Waals surface area (Å²) in [4.78, 5) is 15.1. The zero-order chi connectivity index (χ0) is 14.8. The first-order chi connectivity index (χ1) is 10.2. The number of carbonyl (C=O) groups excluding carboxylic acids is 1. The number of aliphatic hydroxyl groups excluding tert-OH is 1. The van der Waals surface area contributed by atoms with Crippen LogP contribution in [0, 0.1) is 5.82 Å². The van der Waals surface area contributed by atoms with E-state index in [9.17, 15) is 9.18 Å². The number of carbonyl (C=O) groups is 1. The zero-order valence-electron chi connectivity index (χ0n) is 11.1. The van der Waals surface area contributed by atoms with Gasteiger partial charge in [0.25, 0.3) is 5.91 Å². The maximum Gasteiger partial charge on any atom is 0.272 e. The molecule has 5 heteroatoms. The molecule has 0 spiro atoms. The topological polar surface area (TPSA) is 65.1 Å². The highest BCUT2D eigenvalue weighted by atomic mass is 19.1. The first kappa shape index (κ1) is 13.3. The number of H-pyrrole nitrogens is 1. The van der Waals surface area contributed by atoms with Gasteiger partial charge in [0, 0.05) is 16.6 Å². The third-order valence-corrected chi connectivity index (χ3v) is 3.22. The van der Waals surface area contributed by atoms with Gasteiger partial charge in [-0.15, -0.1) is 0 Å². The van der Waals surface area contributed by atoms with Crippen LogP contribution in [0.2, 0.25) is 0 Å². The Morgan fingerprint density at radius 1 is 1.14 bits per heavy atom. The average Bonchev–Trinajstić information content (AvgIpc) is 2.91. The van der Waals surface area contributed by atoms with E-state index in [1.54, 1.807) is 36.4 Å². The first-order valence-corrected chi connectivity index (χ1v) is 6.45. The molecule has 0 atom stereocenters. The summed E-state index contributed by atoms with van der Waals surface area (Å²) in [6.45, 7) is -0.0399. The molecule has 0 radical (unpaired) electrons.